The molecule has 185 valence electrons. The van der Waals surface area contributed by atoms with Gasteiger partial charge in [0.05, 0.1) is 0 Å². The summed E-state index contributed by atoms with van der Waals surface area (Å²) in [6, 6.07) is 3.83. The first-order valence-electron chi connectivity index (χ1n) is 11.6. The van der Waals surface area contributed by atoms with E-state index in [9.17, 15) is 13.0 Å². The summed E-state index contributed by atoms with van der Waals surface area (Å²) in [5.74, 6) is 0.797. The monoisotopic (exact) mass is 548 g/mol. The van der Waals surface area contributed by atoms with E-state index in [-0.39, 0.29) is 0 Å². The molecule has 33 heavy (non-hydrogen) atoms. The molecule has 3 heterocycles. The zero-order chi connectivity index (χ0) is 24.8. The third-order valence-corrected chi connectivity index (χ3v) is 7.00. The van der Waals surface area contributed by atoms with Crippen LogP contribution in [0.3, 0.4) is 0 Å². The van der Waals surface area contributed by atoms with Gasteiger partial charge in [-0.15, -0.1) is 0 Å². The van der Waals surface area contributed by atoms with Gasteiger partial charge >= 0.3 is 173 Å². The Bertz CT molecular complexity index is 964. The Kier molecular flexibility index (Phi) is 10.5. The average molecular weight is 548 g/mol. The third-order valence-electron chi connectivity index (χ3n) is 5.28. The summed E-state index contributed by atoms with van der Waals surface area (Å²) in [6.45, 7) is 16.7. The van der Waals surface area contributed by atoms with Gasteiger partial charge in [-0.1, -0.05) is 34.1 Å². The van der Waals surface area contributed by atoms with Crippen molar-refractivity contribution in [1.29, 1.82) is 0 Å². The molecule has 2 atom stereocenters. The number of piperazine rings is 1. The van der Waals surface area contributed by atoms with Crippen LogP contribution in [0.5, 0.6) is 0 Å². The maximum Gasteiger partial charge on any atom is -0.0590 e. The Morgan fingerprint density at radius 1 is 1.39 bits per heavy atom. The van der Waals surface area contributed by atoms with E-state index in [0.717, 1.165) is 41.0 Å². The van der Waals surface area contributed by atoms with Crippen LogP contribution in [0.1, 0.15) is 59.4 Å². The summed E-state index contributed by atoms with van der Waals surface area (Å²) in [6.07, 6.45) is 1.09. The maximum absolute atomic E-state index is 13.3. The van der Waals surface area contributed by atoms with E-state index in [0.29, 0.717) is 23.8 Å². The number of halogens is 2. The predicted octanol–water partition coefficient (Wildman–Crippen LogP) is 4.12. The number of hydrogen-bond donors (Lipinski definition) is 2. The van der Waals surface area contributed by atoms with Crippen molar-refractivity contribution in [2.75, 3.05) is 24.5 Å². The molecular weight excluding hydrogens is 511 g/mol. The molecule has 2 unspecified atom stereocenters. The normalized spacial score (nSPS) is 19.9. The first kappa shape index (κ1) is 27.9. The molecule has 2 aliphatic rings. The standard InChI is InChI=1S/C18H22F2N5OSSe.C3H8.C2H6/c1-11-10-24(6-5-21-11)16-8-13(27(26)23-18(3-4-18)17(19)20)7-15-14(12(2)28)9-22-25(15)16;1-3-2;1-2/h7-9,11,17,21,23H,2-6,10H2,1H3;3H2,1-2H3;1-2H3. The number of pyridine rings is 1. The number of rotatable bonds is 6. The molecule has 1 aliphatic carbocycles. The van der Waals surface area contributed by atoms with Crippen molar-refractivity contribution in [2.45, 2.75) is 76.8 Å². The van der Waals surface area contributed by atoms with Crippen molar-refractivity contribution < 1.29 is 13.0 Å². The van der Waals surface area contributed by atoms with Gasteiger partial charge in [-0.2, -0.15) is 0 Å². The number of aromatic nitrogens is 2. The van der Waals surface area contributed by atoms with Crippen molar-refractivity contribution in [3.05, 3.63) is 30.5 Å². The quantitative estimate of drug-likeness (QED) is 0.535. The smallest absolute Gasteiger partial charge is 0.0590 e. The second-order valence-corrected chi connectivity index (χ2v) is 10.4. The Morgan fingerprint density at radius 2 is 2.03 bits per heavy atom. The number of nitrogens with zero attached hydrogens (tertiary/aromatic N) is 3. The van der Waals surface area contributed by atoms with E-state index in [4.69, 9.17) is 0 Å². The number of nitrogens with one attached hydrogen (secondary N) is 2. The van der Waals surface area contributed by atoms with E-state index in [1.165, 1.54) is 6.42 Å². The fourth-order valence-electron chi connectivity index (χ4n) is 3.47. The molecule has 0 aromatic carbocycles. The van der Waals surface area contributed by atoms with Gasteiger partial charge in [0.15, 0.2) is 0 Å². The molecule has 2 N–H and O–H groups in total. The molecular formula is C23H36F2N5OSSe. The van der Waals surface area contributed by atoms with Crippen LogP contribution in [0.4, 0.5) is 14.6 Å². The summed E-state index contributed by atoms with van der Waals surface area (Å²) >= 11 is 2.89. The molecule has 2 aromatic rings. The van der Waals surface area contributed by atoms with Gasteiger partial charge in [-0.25, -0.2) is 0 Å². The summed E-state index contributed by atoms with van der Waals surface area (Å²) in [4.78, 5) is 2.64. The van der Waals surface area contributed by atoms with Gasteiger partial charge in [-0.3, -0.25) is 0 Å². The Labute approximate surface area is 207 Å². The van der Waals surface area contributed by atoms with E-state index in [1.807, 2.05) is 13.8 Å². The van der Waals surface area contributed by atoms with Crippen LogP contribution in [0.25, 0.3) is 9.99 Å². The first-order chi connectivity index (χ1) is 15.7. The van der Waals surface area contributed by atoms with Crippen LogP contribution >= 0.6 is 0 Å². The van der Waals surface area contributed by atoms with Crippen molar-refractivity contribution in [2.24, 2.45) is 0 Å². The molecule has 1 aliphatic heterocycles. The van der Waals surface area contributed by atoms with Crippen molar-refractivity contribution >= 4 is 42.8 Å². The molecule has 0 amide bonds. The summed E-state index contributed by atoms with van der Waals surface area (Å²) in [5.41, 5.74) is 0.226. The molecule has 0 bridgehead atoms. The molecule has 6 nitrogen and oxygen atoms in total. The van der Waals surface area contributed by atoms with Crippen LogP contribution in [0.15, 0.2) is 29.8 Å². The van der Waals surface area contributed by atoms with Gasteiger partial charge < -0.3 is 0 Å². The van der Waals surface area contributed by atoms with E-state index >= 15 is 0 Å². The Hall–Kier alpha value is -1.32. The van der Waals surface area contributed by atoms with Crippen LogP contribution < -0.4 is 14.9 Å². The molecule has 10 heteroatoms. The minimum Gasteiger partial charge on any atom is -0.0683 e. The first-order valence-corrected chi connectivity index (χ1v) is 13.6. The van der Waals surface area contributed by atoms with Gasteiger partial charge in [-0.05, 0) is 0 Å². The second kappa shape index (κ2) is 12.4. The molecule has 1 saturated carbocycles. The van der Waals surface area contributed by atoms with E-state index in [1.54, 1.807) is 22.8 Å². The minimum atomic E-state index is -2.54. The minimum absolute atomic E-state index is 0.300. The summed E-state index contributed by atoms with van der Waals surface area (Å²) in [7, 11) is -1.75. The molecule has 2 fully saturated rings. The largest absolute Gasteiger partial charge is 0.0683 e. The fraction of sp³-hybridized carbons (Fsp3) is 0.609. The third kappa shape index (κ3) is 6.63. The predicted molar refractivity (Wildman–Crippen MR) is 134 cm³/mol. The van der Waals surface area contributed by atoms with E-state index < -0.39 is 22.9 Å². The van der Waals surface area contributed by atoms with Crippen LogP contribution in [0, 0.1) is 0 Å². The fourth-order valence-corrected chi connectivity index (χ4v) is 5.02. The van der Waals surface area contributed by atoms with Gasteiger partial charge in [0.2, 0.25) is 0 Å². The average Bonchev–Trinajstić information content (AvgIpc) is 3.44. The van der Waals surface area contributed by atoms with Crippen molar-refractivity contribution in [3.8, 4) is 0 Å². The van der Waals surface area contributed by atoms with Gasteiger partial charge in [0, 0.05) is 0 Å². The number of hydrogen-bond acceptors (Lipinski definition) is 4. The number of fused-ring (bicyclic) bond motifs is 1. The van der Waals surface area contributed by atoms with E-state index in [2.05, 4.69) is 63.4 Å². The zero-order valence-corrected chi connectivity index (χ0v) is 22.7. The van der Waals surface area contributed by atoms with Crippen LogP contribution in [0.2, 0.25) is 0 Å². The second-order valence-electron chi connectivity index (χ2n) is 8.16. The summed E-state index contributed by atoms with van der Waals surface area (Å²) in [5, 5.41) is 7.89. The number of alkyl halides is 2. The van der Waals surface area contributed by atoms with Crippen molar-refractivity contribution in [3.63, 3.8) is 0 Å². The van der Waals surface area contributed by atoms with Crippen LogP contribution in [-0.2, 0) is 11.0 Å². The van der Waals surface area contributed by atoms with Gasteiger partial charge in [0.25, 0.3) is 0 Å². The zero-order valence-electron chi connectivity index (χ0n) is 20.2. The van der Waals surface area contributed by atoms with Crippen LogP contribution in [-0.4, -0.2) is 67.5 Å². The van der Waals surface area contributed by atoms with Crippen molar-refractivity contribution in [1.82, 2.24) is 19.7 Å². The molecule has 4 rings (SSSR count). The molecule has 2 aromatic heterocycles. The Balaban J connectivity index is 0.000000714. The topological polar surface area (TPSA) is 61.7 Å². The molecule has 1 radical (unpaired) electrons. The van der Waals surface area contributed by atoms with Gasteiger partial charge in [0.1, 0.15) is 0 Å². The maximum atomic E-state index is 13.3. The Morgan fingerprint density at radius 3 is 2.55 bits per heavy atom. The SMILES string of the molecule is C=C([Se])c1cnn2c(N3CCNC(C)C3)cc(S(=O)NC3(C(F)F)CC3)cc12.CC.CCC. The number of anilines is 1. The molecule has 0 spiro atoms. The molecule has 1 saturated heterocycles. The summed E-state index contributed by atoms with van der Waals surface area (Å²) < 4.78 is 44.7.